The maximum Gasteiger partial charge on any atom is 0.244 e. The van der Waals surface area contributed by atoms with Gasteiger partial charge in [0, 0.05) is 69.5 Å². The lowest BCUT2D eigenvalue weighted by Gasteiger charge is -2.33. The number of nitrogen functional groups attached to an aromatic ring is 1. The maximum absolute atomic E-state index is 14.2. The summed E-state index contributed by atoms with van der Waals surface area (Å²) in [6, 6.07) is 12.5. The highest BCUT2D eigenvalue weighted by molar-refractivity contribution is 5.93. The number of benzene rings is 2. The molecule has 0 radical (unpaired) electrons. The molecule has 9 nitrogen and oxygen atoms in total. The van der Waals surface area contributed by atoms with Crippen molar-refractivity contribution in [3.63, 3.8) is 0 Å². The van der Waals surface area contributed by atoms with Gasteiger partial charge in [0.15, 0.2) is 11.6 Å². The smallest absolute Gasteiger partial charge is 0.244 e. The molecule has 1 aliphatic rings. The number of rotatable bonds is 8. The quantitative estimate of drug-likeness (QED) is 0.331. The molecule has 2 aromatic carbocycles. The Morgan fingerprint density at radius 2 is 1.86 bits per heavy atom. The van der Waals surface area contributed by atoms with Crippen LogP contribution in [-0.4, -0.2) is 84.0 Å². The van der Waals surface area contributed by atoms with Gasteiger partial charge in [0.25, 0.3) is 0 Å². The summed E-state index contributed by atoms with van der Waals surface area (Å²) in [6.07, 6.45) is 1.86. The Kier molecular flexibility index (Phi) is 8.30. The zero-order valence-electron chi connectivity index (χ0n) is 23.9. The molecule has 1 fully saturated rings. The van der Waals surface area contributed by atoms with Crippen LogP contribution < -0.4 is 16.0 Å². The molecule has 1 unspecified atom stereocenters. The Hall–Kier alpha value is -4.64. The van der Waals surface area contributed by atoms with Crippen molar-refractivity contribution in [3.05, 3.63) is 84.1 Å². The minimum Gasteiger partial charge on any atom is -0.373 e. The Morgan fingerprint density at radius 3 is 2.55 bits per heavy atom. The highest BCUT2D eigenvalue weighted by Crippen LogP contribution is 2.28. The zero-order chi connectivity index (χ0) is 30.0. The van der Waals surface area contributed by atoms with Gasteiger partial charge in [-0.25, -0.2) is 13.8 Å². The Morgan fingerprint density at radius 1 is 1.10 bits per heavy atom. The monoisotopic (exact) mass is 572 g/mol. The molecule has 1 saturated heterocycles. The van der Waals surface area contributed by atoms with Crippen LogP contribution in [-0.2, 0) is 11.2 Å². The first-order chi connectivity index (χ1) is 20.1. The van der Waals surface area contributed by atoms with Crippen molar-refractivity contribution >= 4 is 34.3 Å². The number of nitrogens with zero attached hydrogens (tertiary/aromatic N) is 6. The number of nitrogens with two attached hydrogens (primary N) is 1. The third-order valence-corrected chi connectivity index (χ3v) is 7.42. The standard InChI is InChI=1S/C31H34F2N8O/c1-19(21-9-10-23-26(17-21)37-31(34)38-29(23)41-14-12-40(4)13-15-41)36-27(30(42)39(2)3)16-20-8-11-25(35-18-20)22-6-5-7-24(32)28(22)33/h5-11,17-18,27,36H,1,12-16H2,2-4H3,(H2,34,37,38). The molecule has 0 saturated carbocycles. The van der Waals surface area contributed by atoms with E-state index >= 15 is 0 Å². The molecule has 4 aromatic rings. The summed E-state index contributed by atoms with van der Waals surface area (Å²) < 4.78 is 27.9. The van der Waals surface area contributed by atoms with E-state index in [1.165, 1.54) is 17.0 Å². The summed E-state index contributed by atoms with van der Waals surface area (Å²) in [7, 11) is 5.47. The third kappa shape index (κ3) is 6.15. The van der Waals surface area contributed by atoms with E-state index in [1.54, 1.807) is 32.4 Å². The van der Waals surface area contributed by atoms with E-state index in [-0.39, 0.29) is 17.4 Å². The second kappa shape index (κ2) is 12.1. The molecular formula is C31H34F2N8O. The topological polar surface area (TPSA) is 104 Å². The predicted molar refractivity (Wildman–Crippen MR) is 162 cm³/mol. The first-order valence-electron chi connectivity index (χ1n) is 13.7. The van der Waals surface area contributed by atoms with Crippen molar-refractivity contribution in [1.29, 1.82) is 0 Å². The van der Waals surface area contributed by atoms with E-state index < -0.39 is 17.7 Å². The van der Waals surface area contributed by atoms with Crippen molar-refractivity contribution in [2.45, 2.75) is 12.5 Å². The van der Waals surface area contributed by atoms with Crippen molar-refractivity contribution < 1.29 is 13.6 Å². The largest absolute Gasteiger partial charge is 0.373 e. The van der Waals surface area contributed by atoms with Gasteiger partial charge in [-0.2, -0.15) is 4.98 Å². The first-order valence-corrected chi connectivity index (χ1v) is 13.7. The number of nitrogens with one attached hydrogen (secondary N) is 1. The summed E-state index contributed by atoms with van der Waals surface area (Å²) in [5.74, 6) is -1.03. The zero-order valence-corrected chi connectivity index (χ0v) is 23.9. The molecule has 218 valence electrons. The predicted octanol–water partition coefficient (Wildman–Crippen LogP) is 3.56. The highest BCUT2D eigenvalue weighted by atomic mass is 19.2. The molecule has 0 spiro atoms. The Bertz CT molecular complexity index is 1620. The van der Waals surface area contributed by atoms with Gasteiger partial charge in [-0.05, 0) is 48.5 Å². The van der Waals surface area contributed by atoms with Crippen LogP contribution in [0.15, 0.2) is 61.3 Å². The number of carbonyl (C=O) groups is 1. The van der Waals surface area contributed by atoms with Gasteiger partial charge in [0.05, 0.1) is 11.2 Å². The van der Waals surface area contributed by atoms with Crippen molar-refractivity contribution in [2.24, 2.45) is 0 Å². The normalized spacial score (nSPS) is 14.5. The molecule has 1 aliphatic heterocycles. The van der Waals surface area contributed by atoms with Crippen LogP contribution in [0, 0.1) is 11.6 Å². The van der Waals surface area contributed by atoms with Gasteiger partial charge in [-0.1, -0.05) is 24.8 Å². The molecule has 11 heteroatoms. The molecule has 0 aliphatic carbocycles. The Balaban J connectivity index is 1.36. The van der Waals surface area contributed by atoms with Crippen LogP contribution >= 0.6 is 0 Å². The molecular weight excluding hydrogens is 538 g/mol. The number of piperazine rings is 1. The fourth-order valence-corrected chi connectivity index (χ4v) is 5.02. The average Bonchev–Trinajstić information content (AvgIpc) is 2.98. The van der Waals surface area contributed by atoms with E-state index in [0.29, 0.717) is 23.3 Å². The summed E-state index contributed by atoms with van der Waals surface area (Å²) in [4.78, 5) is 32.5. The summed E-state index contributed by atoms with van der Waals surface area (Å²) in [5.41, 5.74) is 9.21. The van der Waals surface area contributed by atoms with E-state index in [1.807, 2.05) is 18.2 Å². The average molecular weight is 573 g/mol. The van der Waals surface area contributed by atoms with Crippen molar-refractivity contribution in [3.8, 4) is 11.3 Å². The summed E-state index contributed by atoms with van der Waals surface area (Å²) in [5, 5.41) is 4.17. The molecule has 1 amide bonds. The fraction of sp³-hybridized carbons (Fsp3) is 0.290. The molecule has 5 rings (SSSR count). The van der Waals surface area contributed by atoms with E-state index in [9.17, 15) is 13.6 Å². The van der Waals surface area contributed by atoms with Gasteiger partial charge in [-0.3, -0.25) is 9.78 Å². The molecule has 0 bridgehead atoms. The number of likely N-dealkylation sites (N-methyl/N-ethyl adjacent to an activating group) is 2. The van der Waals surface area contributed by atoms with Crippen molar-refractivity contribution in [2.75, 3.05) is 58.0 Å². The number of pyridine rings is 1. The number of carbonyl (C=O) groups excluding carboxylic acids is 1. The first kappa shape index (κ1) is 28.9. The minimum atomic E-state index is -0.950. The maximum atomic E-state index is 14.2. The number of aromatic nitrogens is 3. The SMILES string of the molecule is C=C(NC(Cc1ccc(-c2cccc(F)c2F)nc1)C(=O)N(C)C)c1ccc2c(N3CCN(C)CC3)nc(N)nc2c1. The molecule has 2 aromatic heterocycles. The molecule has 42 heavy (non-hydrogen) atoms. The van der Waals surface area contributed by atoms with Crippen LogP contribution in [0.5, 0.6) is 0 Å². The lowest BCUT2D eigenvalue weighted by atomic mass is 10.0. The number of amides is 1. The number of hydrogen-bond donors (Lipinski definition) is 2. The van der Waals surface area contributed by atoms with Gasteiger partial charge in [-0.15, -0.1) is 0 Å². The molecule has 3 heterocycles. The minimum absolute atomic E-state index is 0.0745. The summed E-state index contributed by atoms with van der Waals surface area (Å²) in [6.45, 7) is 7.77. The van der Waals surface area contributed by atoms with Crippen molar-refractivity contribution in [1.82, 2.24) is 30.1 Å². The number of hydrogen-bond acceptors (Lipinski definition) is 8. The molecule has 1 atom stereocenters. The van der Waals surface area contributed by atoms with Gasteiger partial charge >= 0.3 is 0 Å². The van der Waals surface area contributed by atoms with Gasteiger partial charge < -0.3 is 25.8 Å². The number of fused-ring (bicyclic) bond motifs is 1. The lowest BCUT2D eigenvalue weighted by molar-refractivity contribution is -0.130. The fourth-order valence-electron chi connectivity index (χ4n) is 5.02. The van der Waals surface area contributed by atoms with Crippen LogP contribution in [0.4, 0.5) is 20.5 Å². The second-order valence-electron chi connectivity index (χ2n) is 10.7. The summed E-state index contributed by atoms with van der Waals surface area (Å²) >= 11 is 0. The highest BCUT2D eigenvalue weighted by Gasteiger charge is 2.23. The Labute approximate surface area is 243 Å². The van der Waals surface area contributed by atoms with Crippen LogP contribution in [0.1, 0.15) is 11.1 Å². The molecule has 3 N–H and O–H groups in total. The van der Waals surface area contributed by atoms with E-state index in [2.05, 4.69) is 43.7 Å². The second-order valence-corrected chi connectivity index (χ2v) is 10.7. The lowest BCUT2D eigenvalue weighted by Crippen LogP contribution is -2.45. The van der Waals surface area contributed by atoms with Crippen LogP contribution in [0.25, 0.3) is 27.9 Å². The number of halogens is 2. The van der Waals surface area contributed by atoms with Crippen LogP contribution in [0.3, 0.4) is 0 Å². The van der Waals surface area contributed by atoms with Gasteiger partial charge in [0.2, 0.25) is 11.9 Å². The third-order valence-electron chi connectivity index (χ3n) is 7.42. The number of anilines is 2. The van der Waals surface area contributed by atoms with Crippen LogP contribution in [0.2, 0.25) is 0 Å². The van der Waals surface area contributed by atoms with E-state index in [0.717, 1.165) is 54.6 Å². The van der Waals surface area contributed by atoms with Gasteiger partial charge in [0.1, 0.15) is 11.9 Å². The van der Waals surface area contributed by atoms with E-state index in [4.69, 9.17) is 5.73 Å².